The van der Waals surface area contributed by atoms with Crippen LogP contribution in [-0.4, -0.2) is 54.6 Å². The predicted molar refractivity (Wildman–Crippen MR) is 105 cm³/mol. The fourth-order valence-corrected chi connectivity index (χ4v) is 4.05. The monoisotopic (exact) mass is 382 g/mol. The SMILES string of the molecule is Cc1ccc(Cn2nnc3c(SCC(=O)N4CCCCC4)ncnc32)cc1. The lowest BCUT2D eigenvalue weighted by Crippen LogP contribution is -2.36. The standard InChI is InChI=1S/C19H22N6OS/c1-14-5-7-15(8-6-14)11-25-18-17(22-23-25)19(21-13-20-18)27-12-16(26)24-9-3-2-4-10-24/h5-8,13H,2-4,9-12H2,1H3. The van der Waals surface area contributed by atoms with Crippen LogP contribution in [0.15, 0.2) is 35.6 Å². The van der Waals surface area contributed by atoms with Crippen molar-refractivity contribution < 1.29 is 4.79 Å². The normalized spacial score (nSPS) is 14.6. The van der Waals surface area contributed by atoms with Gasteiger partial charge in [0, 0.05) is 13.1 Å². The van der Waals surface area contributed by atoms with Crippen LogP contribution < -0.4 is 0 Å². The minimum Gasteiger partial charge on any atom is -0.342 e. The maximum Gasteiger partial charge on any atom is 0.232 e. The van der Waals surface area contributed by atoms with E-state index in [2.05, 4.69) is 51.5 Å². The lowest BCUT2D eigenvalue weighted by atomic mass is 10.1. The van der Waals surface area contributed by atoms with Crippen LogP contribution in [0.3, 0.4) is 0 Å². The molecule has 1 aromatic carbocycles. The molecule has 7 nitrogen and oxygen atoms in total. The first-order chi connectivity index (χ1) is 13.2. The molecule has 3 heterocycles. The van der Waals surface area contributed by atoms with Crippen LogP contribution in [0, 0.1) is 6.92 Å². The molecule has 27 heavy (non-hydrogen) atoms. The summed E-state index contributed by atoms with van der Waals surface area (Å²) in [7, 11) is 0. The van der Waals surface area contributed by atoms with Gasteiger partial charge in [-0.1, -0.05) is 46.8 Å². The summed E-state index contributed by atoms with van der Waals surface area (Å²) in [5.74, 6) is 0.537. The second kappa shape index (κ2) is 8.04. The average molecular weight is 382 g/mol. The van der Waals surface area contributed by atoms with Gasteiger partial charge < -0.3 is 4.90 Å². The summed E-state index contributed by atoms with van der Waals surface area (Å²) in [6, 6.07) is 8.32. The quantitative estimate of drug-likeness (QED) is 0.499. The van der Waals surface area contributed by atoms with Crippen LogP contribution in [0.2, 0.25) is 0 Å². The Kier molecular flexibility index (Phi) is 5.33. The molecule has 4 rings (SSSR count). The molecule has 0 N–H and O–H groups in total. The number of piperidine rings is 1. The summed E-state index contributed by atoms with van der Waals surface area (Å²) in [4.78, 5) is 23.0. The van der Waals surface area contributed by atoms with Gasteiger partial charge in [-0.3, -0.25) is 4.79 Å². The zero-order valence-corrected chi connectivity index (χ0v) is 16.2. The van der Waals surface area contributed by atoms with Crippen LogP contribution in [0.25, 0.3) is 11.2 Å². The van der Waals surface area contributed by atoms with E-state index >= 15 is 0 Å². The van der Waals surface area contributed by atoms with Crippen LogP contribution in [0.1, 0.15) is 30.4 Å². The molecule has 1 aliphatic rings. The number of carbonyl (C=O) groups is 1. The number of aryl methyl sites for hydroxylation is 1. The Balaban J connectivity index is 1.48. The molecule has 0 aliphatic carbocycles. The van der Waals surface area contributed by atoms with Gasteiger partial charge in [0.15, 0.2) is 11.2 Å². The van der Waals surface area contributed by atoms with E-state index in [9.17, 15) is 4.79 Å². The predicted octanol–water partition coefficient (Wildman–Crippen LogP) is 2.68. The zero-order chi connectivity index (χ0) is 18.6. The molecule has 0 unspecified atom stereocenters. The van der Waals surface area contributed by atoms with Crippen molar-refractivity contribution in [2.45, 2.75) is 37.8 Å². The highest BCUT2D eigenvalue weighted by Gasteiger charge is 2.18. The average Bonchev–Trinajstić information content (AvgIpc) is 3.12. The Morgan fingerprint density at radius 1 is 1.11 bits per heavy atom. The second-order valence-electron chi connectivity index (χ2n) is 6.81. The molecule has 3 aromatic rings. The van der Waals surface area contributed by atoms with Gasteiger partial charge in [0.1, 0.15) is 11.4 Å². The molecule has 140 valence electrons. The molecular weight excluding hydrogens is 360 g/mol. The number of amides is 1. The van der Waals surface area contributed by atoms with Crippen LogP contribution in [-0.2, 0) is 11.3 Å². The molecule has 1 amide bonds. The molecule has 0 bridgehead atoms. The summed E-state index contributed by atoms with van der Waals surface area (Å²) >= 11 is 1.42. The maximum absolute atomic E-state index is 12.4. The Hall–Kier alpha value is -2.48. The van der Waals surface area contributed by atoms with E-state index in [0.717, 1.165) is 31.5 Å². The number of hydrogen-bond donors (Lipinski definition) is 0. The van der Waals surface area contributed by atoms with E-state index < -0.39 is 0 Å². The molecule has 1 aliphatic heterocycles. The Bertz CT molecular complexity index is 933. The summed E-state index contributed by atoms with van der Waals surface area (Å²) in [5, 5.41) is 9.22. The minimum atomic E-state index is 0.165. The minimum absolute atomic E-state index is 0.165. The molecule has 0 atom stereocenters. The van der Waals surface area contributed by atoms with Gasteiger partial charge in [0.25, 0.3) is 0 Å². The summed E-state index contributed by atoms with van der Waals surface area (Å²) in [6.07, 6.45) is 4.93. The Morgan fingerprint density at radius 3 is 2.67 bits per heavy atom. The highest BCUT2D eigenvalue weighted by Crippen LogP contribution is 2.23. The van der Waals surface area contributed by atoms with Crippen molar-refractivity contribution in [2.24, 2.45) is 0 Å². The molecule has 1 saturated heterocycles. The highest BCUT2D eigenvalue weighted by atomic mass is 32.2. The number of carbonyl (C=O) groups excluding carboxylic acids is 1. The largest absolute Gasteiger partial charge is 0.342 e. The molecule has 0 spiro atoms. The number of aromatic nitrogens is 5. The lowest BCUT2D eigenvalue weighted by Gasteiger charge is -2.26. The van der Waals surface area contributed by atoms with E-state index in [1.807, 2.05) is 4.90 Å². The second-order valence-corrected chi connectivity index (χ2v) is 7.78. The van der Waals surface area contributed by atoms with Crippen LogP contribution in [0.5, 0.6) is 0 Å². The first kappa shape index (κ1) is 17.9. The lowest BCUT2D eigenvalue weighted by molar-refractivity contribution is -0.129. The van der Waals surface area contributed by atoms with Crippen LogP contribution >= 0.6 is 11.8 Å². The van der Waals surface area contributed by atoms with Crippen LogP contribution in [0.4, 0.5) is 0 Å². The van der Waals surface area contributed by atoms with Crippen molar-refractivity contribution in [1.29, 1.82) is 0 Å². The Morgan fingerprint density at radius 2 is 1.89 bits per heavy atom. The number of thioether (sulfide) groups is 1. The van der Waals surface area contributed by atoms with E-state index in [-0.39, 0.29) is 5.91 Å². The van der Waals surface area contributed by atoms with Gasteiger partial charge in [0.2, 0.25) is 5.91 Å². The number of benzene rings is 1. The summed E-state index contributed by atoms with van der Waals surface area (Å²) in [6.45, 7) is 4.40. The van der Waals surface area contributed by atoms with Crippen molar-refractivity contribution >= 4 is 28.8 Å². The third kappa shape index (κ3) is 4.10. The van der Waals surface area contributed by atoms with E-state index in [1.165, 1.54) is 30.1 Å². The first-order valence-corrected chi connectivity index (χ1v) is 10.2. The van der Waals surface area contributed by atoms with Gasteiger partial charge in [0.05, 0.1) is 12.3 Å². The van der Waals surface area contributed by atoms with Gasteiger partial charge in [-0.15, -0.1) is 5.10 Å². The fourth-order valence-electron chi connectivity index (χ4n) is 3.21. The van der Waals surface area contributed by atoms with E-state index in [1.54, 1.807) is 4.68 Å². The smallest absolute Gasteiger partial charge is 0.232 e. The first-order valence-electron chi connectivity index (χ1n) is 9.21. The number of rotatable bonds is 5. The van der Waals surface area contributed by atoms with Crippen molar-refractivity contribution in [3.63, 3.8) is 0 Å². The zero-order valence-electron chi connectivity index (χ0n) is 15.3. The molecule has 8 heteroatoms. The number of fused-ring (bicyclic) bond motifs is 1. The van der Waals surface area contributed by atoms with Gasteiger partial charge in [-0.25, -0.2) is 14.6 Å². The van der Waals surface area contributed by atoms with Crippen molar-refractivity contribution in [3.8, 4) is 0 Å². The highest BCUT2D eigenvalue weighted by molar-refractivity contribution is 8.00. The number of hydrogen-bond acceptors (Lipinski definition) is 6. The summed E-state index contributed by atoms with van der Waals surface area (Å²) < 4.78 is 1.78. The van der Waals surface area contributed by atoms with E-state index in [4.69, 9.17) is 0 Å². The molecule has 2 aromatic heterocycles. The van der Waals surface area contributed by atoms with Gasteiger partial charge in [-0.2, -0.15) is 0 Å². The number of likely N-dealkylation sites (tertiary alicyclic amines) is 1. The third-order valence-corrected chi connectivity index (χ3v) is 5.72. The van der Waals surface area contributed by atoms with Crippen molar-refractivity contribution in [2.75, 3.05) is 18.8 Å². The van der Waals surface area contributed by atoms with Gasteiger partial charge in [-0.05, 0) is 31.7 Å². The van der Waals surface area contributed by atoms with Gasteiger partial charge >= 0.3 is 0 Å². The maximum atomic E-state index is 12.4. The van der Waals surface area contributed by atoms with Crippen molar-refractivity contribution in [3.05, 3.63) is 41.7 Å². The van der Waals surface area contributed by atoms with Crippen molar-refractivity contribution in [1.82, 2.24) is 29.9 Å². The van der Waals surface area contributed by atoms with E-state index in [0.29, 0.717) is 28.5 Å². The Labute approximate surface area is 162 Å². The third-order valence-electron chi connectivity index (χ3n) is 4.76. The molecule has 0 radical (unpaired) electrons. The number of nitrogens with zero attached hydrogens (tertiary/aromatic N) is 6. The topological polar surface area (TPSA) is 76.8 Å². The molecular formula is C19H22N6OS. The molecule has 1 fully saturated rings. The fraction of sp³-hybridized carbons (Fsp3) is 0.421. The summed E-state index contributed by atoms with van der Waals surface area (Å²) in [5.41, 5.74) is 3.71. The molecule has 0 saturated carbocycles.